The molecule has 0 bridgehead atoms. The minimum Gasteiger partial charge on any atom is -0.340 e. The second-order valence-electron chi connectivity index (χ2n) is 7.14. The number of hydrogen-bond donors (Lipinski definition) is 3. The molecule has 154 valence electrons. The summed E-state index contributed by atoms with van der Waals surface area (Å²) < 4.78 is 38.4. The predicted octanol–water partition coefficient (Wildman–Crippen LogP) is 3.06. The first-order valence-corrected chi connectivity index (χ1v) is 10.9. The van der Waals surface area contributed by atoms with E-state index in [-0.39, 0.29) is 22.2 Å². The number of hydrogen-bond acceptors (Lipinski definition) is 6. The average Bonchev–Trinajstić information content (AvgIpc) is 2.88. The Kier molecular flexibility index (Phi) is 6.21. The standard InChI is InChI=1S/C19H27FN4O3S/c1-3-16(21)19(25)23-8-5-9-24(13(2)12-23)28(26,27)17-7-4-6-14-10-22-11-15(20)18(14)17/h4,6-7,10-11,13,16,26-27H,3,5,8-9,12,21H2,1-2H3/t13-,16+/m0/s1. The van der Waals surface area contributed by atoms with Crippen LogP contribution >= 0.6 is 10.8 Å². The van der Waals surface area contributed by atoms with Crippen LogP contribution in [0, 0.1) is 5.82 Å². The fourth-order valence-electron chi connectivity index (χ4n) is 3.64. The lowest BCUT2D eigenvalue weighted by Gasteiger charge is -2.46. The van der Waals surface area contributed by atoms with Gasteiger partial charge in [0.15, 0.2) is 5.82 Å². The smallest absolute Gasteiger partial charge is 0.239 e. The number of benzene rings is 1. The van der Waals surface area contributed by atoms with Gasteiger partial charge < -0.3 is 10.6 Å². The molecule has 0 aliphatic carbocycles. The van der Waals surface area contributed by atoms with Crippen molar-refractivity contribution in [1.82, 2.24) is 14.2 Å². The van der Waals surface area contributed by atoms with Crippen molar-refractivity contribution >= 4 is 27.5 Å². The summed E-state index contributed by atoms with van der Waals surface area (Å²) in [5.41, 5.74) is 5.89. The molecule has 2 atom stereocenters. The molecule has 0 unspecified atom stereocenters. The molecule has 4 N–H and O–H groups in total. The quantitative estimate of drug-likeness (QED) is 0.716. The molecular weight excluding hydrogens is 383 g/mol. The second-order valence-corrected chi connectivity index (χ2v) is 9.08. The largest absolute Gasteiger partial charge is 0.340 e. The van der Waals surface area contributed by atoms with Crippen LogP contribution in [0.3, 0.4) is 0 Å². The zero-order valence-electron chi connectivity index (χ0n) is 16.1. The SMILES string of the molecule is CC[C@@H](N)C(=O)N1CCCN(S(O)(O)c2cccc3cncc(F)c23)[C@@H](C)C1. The van der Waals surface area contributed by atoms with E-state index in [2.05, 4.69) is 4.98 Å². The summed E-state index contributed by atoms with van der Waals surface area (Å²) in [7, 11) is -3.46. The summed E-state index contributed by atoms with van der Waals surface area (Å²) in [6, 6.07) is 3.99. The van der Waals surface area contributed by atoms with Gasteiger partial charge in [0.25, 0.3) is 0 Å². The number of nitrogens with two attached hydrogens (primary N) is 1. The van der Waals surface area contributed by atoms with Crippen molar-refractivity contribution in [1.29, 1.82) is 0 Å². The van der Waals surface area contributed by atoms with Gasteiger partial charge in [-0.15, -0.1) is 10.8 Å². The monoisotopic (exact) mass is 410 g/mol. The summed E-state index contributed by atoms with van der Waals surface area (Å²) in [5.74, 6) is -0.726. The number of rotatable bonds is 4. The Morgan fingerprint density at radius 3 is 2.86 bits per heavy atom. The van der Waals surface area contributed by atoms with Crippen LogP contribution in [0.2, 0.25) is 0 Å². The summed E-state index contributed by atoms with van der Waals surface area (Å²) in [6.45, 7) is 4.89. The van der Waals surface area contributed by atoms with Crippen LogP contribution in [0.25, 0.3) is 10.8 Å². The van der Waals surface area contributed by atoms with Crippen molar-refractivity contribution in [3.05, 3.63) is 36.4 Å². The summed E-state index contributed by atoms with van der Waals surface area (Å²) in [4.78, 5) is 18.1. The molecule has 2 heterocycles. The molecule has 1 aliphatic rings. The number of amides is 1. The molecule has 9 heteroatoms. The van der Waals surface area contributed by atoms with Crippen LogP contribution < -0.4 is 5.73 Å². The van der Waals surface area contributed by atoms with Gasteiger partial charge in [-0.3, -0.25) is 18.9 Å². The van der Waals surface area contributed by atoms with E-state index in [4.69, 9.17) is 5.73 Å². The minimum absolute atomic E-state index is 0.130. The van der Waals surface area contributed by atoms with E-state index in [1.54, 1.807) is 21.3 Å². The molecule has 1 aromatic heterocycles. The molecule has 7 nitrogen and oxygen atoms in total. The topological polar surface area (TPSA) is 103 Å². The van der Waals surface area contributed by atoms with Crippen LogP contribution in [0.1, 0.15) is 26.7 Å². The van der Waals surface area contributed by atoms with Crippen molar-refractivity contribution in [2.24, 2.45) is 5.73 Å². The predicted molar refractivity (Wildman–Crippen MR) is 108 cm³/mol. The number of halogens is 1. The van der Waals surface area contributed by atoms with Gasteiger partial charge in [0.05, 0.1) is 17.1 Å². The van der Waals surface area contributed by atoms with Crippen LogP contribution in [0.15, 0.2) is 35.5 Å². The normalized spacial score (nSPS) is 20.8. The summed E-state index contributed by atoms with van der Waals surface area (Å²) >= 11 is 0. The Bertz CT molecular complexity index is 861. The molecule has 1 aliphatic heterocycles. The van der Waals surface area contributed by atoms with Gasteiger partial charge >= 0.3 is 0 Å². The molecule has 1 amide bonds. The Labute approximate surface area is 165 Å². The molecule has 3 rings (SSSR count). The zero-order chi connectivity index (χ0) is 20.5. The molecule has 1 fully saturated rings. The van der Waals surface area contributed by atoms with Crippen molar-refractivity contribution in [3.8, 4) is 0 Å². The zero-order valence-corrected chi connectivity index (χ0v) is 16.9. The van der Waals surface area contributed by atoms with Gasteiger partial charge in [0.2, 0.25) is 5.91 Å². The third-order valence-corrected chi connectivity index (χ3v) is 7.30. The number of carbonyl (C=O) groups excluding carboxylic acids is 1. The van der Waals surface area contributed by atoms with Gasteiger partial charge in [-0.1, -0.05) is 19.1 Å². The molecular formula is C19H27FN4O3S. The Balaban J connectivity index is 1.93. The number of pyridine rings is 1. The van der Waals surface area contributed by atoms with Crippen molar-refractivity contribution < 1.29 is 18.3 Å². The molecule has 1 aromatic carbocycles. The van der Waals surface area contributed by atoms with E-state index in [9.17, 15) is 18.3 Å². The van der Waals surface area contributed by atoms with E-state index < -0.39 is 22.6 Å². The first kappa shape index (κ1) is 20.9. The maximum atomic E-state index is 14.5. The van der Waals surface area contributed by atoms with Crippen LogP contribution in [-0.4, -0.2) is 60.9 Å². The molecule has 0 saturated carbocycles. The molecule has 2 aromatic rings. The van der Waals surface area contributed by atoms with E-state index in [0.29, 0.717) is 37.9 Å². The lowest BCUT2D eigenvalue weighted by atomic mass is 10.2. The van der Waals surface area contributed by atoms with Gasteiger partial charge in [-0.05, 0) is 25.8 Å². The summed E-state index contributed by atoms with van der Waals surface area (Å²) in [5, 5.41) is 0.667. The van der Waals surface area contributed by atoms with Gasteiger partial charge in [-0.25, -0.2) is 4.39 Å². The maximum Gasteiger partial charge on any atom is 0.239 e. The van der Waals surface area contributed by atoms with Gasteiger partial charge in [0, 0.05) is 42.6 Å². The first-order chi connectivity index (χ1) is 13.3. The maximum absolute atomic E-state index is 14.5. The average molecular weight is 411 g/mol. The van der Waals surface area contributed by atoms with Crippen LogP contribution in [0.4, 0.5) is 4.39 Å². The van der Waals surface area contributed by atoms with Crippen molar-refractivity contribution in [3.63, 3.8) is 0 Å². The highest BCUT2D eigenvalue weighted by Crippen LogP contribution is 2.55. The van der Waals surface area contributed by atoms with E-state index in [0.717, 1.165) is 6.20 Å². The lowest BCUT2D eigenvalue weighted by molar-refractivity contribution is -0.132. The number of aromatic nitrogens is 1. The highest BCUT2D eigenvalue weighted by molar-refractivity contribution is 8.22. The number of fused-ring (bicyclic) bond motifs is 1. The Morgan fingerprint density at radius 1 is 1.39 bits per heavy atom. The van der Waals surface area contributed by atoms with Crippen LogP contribution in [-0.2, 0) is 4.79 Å². The molecule has 28 heavy (non-hydrogen) atoms. The number of nitrogens with zero attached hydrogens (tertiary/aromatic N) is 3. The highest BCUT2D eigenvalue weighted by Gasteiger charge is 2.35. The third kappa shape index (κ3) is 3.85. The fraction of sp³-hybridized carbons (Fsp3) is 0.474. The molecule has 1 saturated heterocycles. The lowest BCUT2D eigenvalue weighted by Crippen LogP contribution is -2.47. The van der Waals surface area contributed by atoms with Crippen molar-refractivity contribution in [2.45, 2.75) is 43.7 Å². The highest BCUT2D eigenvalue weighted by atomic mass is 32.3. The van der Waals surface area contributed by atoms with Gasteiger partial charge in [-0.2, -0.15) is 4.31 Å². The first-order valence-electron chi connectivity index (χ1n) is 9.39. The Morgan fingerprint density at radius 2 is 2.14 bits per heavy atom. The third-order valence-electron chi connectivity index (χ3n) is 5.17. The van der Waals surface area contributed by atoms with E-state index in [1.165, 1.54) is 12.3 Å². The fourth-order valence-corrected chi connectivity index (χ4v) is 5.60. The van der Waals surface area contributed by atoms with Gasteiger partial charge in [0.1, 0.15) is 0 Å². The second kappa shape index (κ2) is 8.30. The number of carbonyl (C=O) groups is 1. The molecule has 0 spiro atoms. The van der Waals surface area contributed by atoms with E-state index >= 15 is 0 Å². The van der Waals surface area contributed by atoms with Crippen LogP contribution in [0.5, 0.6) is 0 Å². The summed E-state index contributed by atoms with van der Waals surface area (Å²) in [6.07, 6.45) is 3.68. The Hall–Kier alpha value is -1.78. The molecule has 0 radical (unpaired) electrons. The van der Waals surface area contributed by atoms with Crippen molar-refractivity contribution in [2.75, 3.05) is 19.6 Å². The minimum atomic E-state index is -3.46. The van der Waals surface area contributed by atoms with E-state index in [1.807, 2.05) is 13.8 Å².